The summed E-state index contributed by atoms with van der Waals surface area (Å²) in [5.74, 6) is 0. The lowest BCUT2D eigenvalue weighted by Gasteiger charge is -2.09. The minimum atomic E-state index is -3.82. The number of unbranched alkanes of at least 4 members (excludes halogenated alkanes) is 13. The fourth-order valence-electron chi connectivity index (χ4n) is 2.89. The van der Waals surface area contributed by atoms with Gasteiger partial charge in [-0.15, -0.1) is 0 Å². The van der Waals surface area contributed by atoms with E-state index in [0.717, 1.165) is 20.1 Å². The second kappa shape index (κ2) is 19.8. The van der Waals surface area contributed by atoms with E-state index in [0.29, 0.717) is 13.0 Å². The van der Waals surface area contributed by atoms with Crippen molar-refractivity contribution in [3.8, 4) is 0 Å². The lowest BCUT2D eigenvalue weighted by Crippen LogP contribution is -2.02. The highest BCUT2D eigenvalue weighted by Gasteiger charge is 2.17. The van der Waals surface area contributed by atoms with E-state index in [1.165, 1.54) is 83.5 Å². The summed E-state index contributed by atoms with van der Waals surface area (Å²) in [6.45, 7) is 3.77. The van der Waals surface area contributed by atoms with Crippen LogP contribution in [0.2, 0.25) is 0 Å². The Hall–Kier alpha value is 0.0700. The first-order chi connectivity index (χ1) is 12.6. The molecule has 1 unspecified atom stereocenters. The molecule has 0 saturated carbocycles. The molecule has 5 nitrogen and oxygen atoms in total. The summed E-state index contributed by atoms with van der Waals surface area (Å²) in [5, 5.41) is 0. The van der Waals surface area contributed by atoms with Gasteiger partial charge < -0.3 is 9.63 Å². The van der Waals surface area contributed by atoms with Crippen molar-refractivity contribution in [2.24, 2.45) is 0 Å². The van der Waals surface area contributed by atoms with Gasteiger partial charge in [0.05, 0.1) is 6.61 Å². The number of phosphoric ester groups is 1. The molecule has 0 aliphatic rings. The standard InChI is InChI=1S/C20H43O5P/c1-3-4-5-6-7-8-9-10-11-12-13-14-15-16-18-24-19-17-20-25-26(21,22)23-2/h3-20H2,1-2H3,(H,21,22). The van der Waals surface area contributed by atoms with Crippen LogP contribution in [0.4, 0.5) is 0 Å². The lowest BCUT2D eigenvalue weighted by atomic mass is 10.0. The van der Waals surface area contributed by atoms with Crippen molar-refractivity contribution >= 4 is 7.82 Å². The molecule has 6 heteroatoms. The molecule has 0 aromatic rings. The van der Waals surface area contributed by atoms with Crippen LogP contribution in [0.25, 0.3) is 0 Å². The van der Waals surface area contributed by atoms with Gasteiger partial charge in [-0.3, -0.25) is 9.05 Å². The quantitative estimate of drug-likeness (QED) is 0.175. The number of rotatable bonds is 21. The molecule has 1 atom stereocenters. The third kappa shape index (κ3) is 20.4. The molecule has 0 amide bonds. The summed E-state index contributed by atoms with van der Waals surface area (Å²) < 4.78 is 25.6. The van der Waals surface area contributed by atoms with Crippen LogP contribution < -0.4 is 0 Å². The molecule has 0 rings (SSSR count). The molecule has 26 heavy (non-hydrogen) atoms. The van der Waals surface area contributed by atoms with E-state index < -0.39 is 7.82 Å². The van der Waals surface area contributed by atoms with Gasteiger partial charge in [0.2, 0.25) is 0 Å². The van der Waals surface area contributed by atoms with Crippen molar-refractivity contribution in [2.75, 3.05) is 26.9 Å². The smallest absolute Gasteiger partial charge is 0.381 e. The summed E-state index contributed by atoms with van der Waals surface area (Å²) in [4.78, 5) is 9.04. The molecule has 0 aromatic heterocycles. The van der Waals surface area contributed by atoms with Gasteiger partial charge in [0.25, 0.3) is 0 Å². The lowest BCUT2D eigenvalue weighted by molar-refractivity contribution is 0.105. The Bertz CT molecular complexity index is 325. The Kier molecular flexibility index (Phi) is 19.9. The first-order valence-electron chi connectivity index (χ1n) is 10.7. The Morgan fingerprint density at radius 1 is 0.654 bits per heavy atom. The molecule has 0 bridgehead atoms. The number of hydrogen-bond acceptors (Lipinski definition) is 4. The van der Waals surface area contributed by atoms with Gasteiger partial charge in [-0.2, -0.15) is 0 Å². The van der Waals surface area contributed by atoms with Crippen molar-refractivity contribution in [3.05, 3.63) is 0 Å². The maximum absolute atomic E-state index is 11.0. The van der Waals surface area contributed by atoms with E-state index in [4.69, 9.17) is 14.2 Å². The minimum Gasteiger partial charge on any atom is -0.381 e. The number of ether oxygens (including phenoxy) is 1. The fraction of sp³-hybridized carbons (Fsp3) is 1.00. The van der Waals surface area contributed by atoms with Crippen LogP contribution in [0.1, 0.15) is 103 Å². The molecule has 0 aliphatic carbocycles. The van der Waals surface area contributed by atoms with Crippen molar-refractivity contribution in [1.29, 1.82) is 0 Å². The minimum absolute atomic E-state index is 0.181. The molecular formula is C20H43O5P. The monoisotopic (exact) mass is 394 g/mol. The molecule has 0 aliphatic heterocycles. The highest BCUT2D eigenvalue weighted by Crippen LogP contribution is 2.41. The second-order valence-electron chi connectivity index (χ2n) is 7.05. The number of phosphoric acid groups is 1. The van der Waals surface area contributed by atoms with Gasteiger partial charge in [0.15, 0.2) is 0 Å². The van der Waals surface area contributed by atoms with Crippen LogP contribution in [0.15, 0.2) is 0 Å². The molecule has 158 valence electrons. The van der Waals surface area contributed by atoms with Crippen LogP contribution in [0.3, 0.4) is 0 Å². The normalized spacial score (nSPS) is 13.8. The van der Waals surface area contributed by atoms with Crippen molar-refractivity contribution in [2.45, 2.75) is 103 Å². The van der Waals surface area contributed by atoms with E-state index in [1.54, 1.807) is 0 Å². The second-order valence-corrected chi connectivity index (χ2v) is 8.61. The van der Waals surface area contributed by atoms with Crippen LogP contribution >= 0.6 is 7.82 Å². The van der Waals surface area contributed by atoms with Gasteiger partial charge >= 0.3 is 7.82 Å². The maximum Gasteiger partial charge on any atom is 0.471 e. The van der Waals surface area contributed by atoms with Crippen molar-refractivity contribution in [1.82, 2.24) is 0 Å². The molecule has 0 saturated heterocycles. The largest absolute Gasteiger partial charge is 0.471 e. The Balaban J connectivity index is 3.06. The molecule has 0 spiro atoms. The maximum atomic E-state index is 11.0. The van der Waals surface area contributed by atoms with Gasteiger partial charge in [0.1, 0.15) is 0 Å². The SMILES string of the molecule is CCCCCCCCCCCCCCCCOCCCOP(=O)(O)OC. The summed E-state index contributed by atoms with van der Waals surface area (Å²) in [5.41, 5.74) is 0. The third-order valence-corrected chi connectivity index (χ3v) is 5.53. The zero-order valence-electron chi connectivity index (χ0n) is 17.3. The van der Waals surface area contributed by atoms with E-state index in [2.05, 4.69) is 11.4 Å². The van der Waals surface area contributed by atoms with Crippen LogP contribution in [-0.2, 0) is 18.3 Å². The van der Waals surface area contributed by atoms with Gasteiger partial charge in [0, 0.05) is 20.3 Å². The average molecular weight is 395 g/mol. The third-order valence-electron chi connectivity index (χ3n) is 4.56. The molecule has 0 radical (unpaired) electrons. The first kappa shape index (κ1) is 26.1. The predicted octanol–water partition coefficient (Wildman–Crippen LogP) is 6.64. The summed E-state index contributed by atoms with van der Waals surface area (Å²) in [6, 6.07) is 0. The van der Waals surface area contributed by atoms with Gasteiger partial charge in [-0.25, -0.2) is 4.57 Å². The van der Waals surface area contributed by atoms with E-state index in [-0.39, 0.29) is 6.61 Å². The van der Waals surface area contributed by atoms with Crippen molar-refractivity contribution in [3.63, 3.8) is 0 Å². The highest BCUT2D eigenvalue weighted by molar-refractivity contribution is 7.47. The van der Waals surface area contributed by atoms with Crippen molar-refractivity contribution < 1.29 is 23.2 Å². The molecule has 1 N–H and O–H groups in total. The average Bonchev–Trinajstić information content (AvgIpc) is 2.63. The Morgan fingerprint density at radius 2 is 1.08 bits per heavy atom. The molecule has 0 heterocycles. The molecular weight excluding hydrogens is 351 g/mol. The summed E-state index contributed by atoms with van der Waals surface area (Å²) in [7, 11) is -2.66. The van der Waals surface area contributed by atoms with E-state index in [1.807, 2.05) is 0 Å². The van der Waals surface area contributed by atoms with Gasteiger partial charge in [-0.05, 0) is 12.8 Å². The number of hydrogen-bond donors (Lipinski definition) is 1. The van der Waals surface area contributed by atoms with E-state index >= 15 is 0 Å². The Morgan fingerprint density at radius 3 is 1.54 bits per heavy atom. The predicted molar refractivity (Wildman–Crippen MR) is 109 cm³/mol. The topological polar surface area (TPSA) is 65.0 Å². The van der Waals surface area contributed by atoms with Gasteiger partial charge in [-0.1, -0.05) is 90.4 Å². The fourth-order valence-corrected chi connectivity index (χ4v) is 3.36. The zero-order valence-corrected chi connectivity index (χ0v) is 18.1. The van der Waals surface area contributed by atoms with Crippen LogP contribution in [0.5, 0.6) is 0 Å². The zero-order chi connectivity index (χ0) is 19.3. The van der Waals surface area contributed by atoms with Crippen LogP contribution in [0, 0.1) is 0 Å². The highest BCUT2D eigenvalue weighted by atomic mass is 31.2. The molecule has 0 fully saturated rings. The first-order valence-corrected chi connectivity index (χ1v) is 12.2. The summed E-state index contributed by atoms with van der Waals surface area (Å²) >= 11 is 0. The van der Waals surface area contributed by atoms with E-state index in [9.17, 15) is 4.57 Å². The molecule has 0 aromatic carbocycles. The summed E-state index contributed by atoms with van der Waals surface area (Å²) in [6.07, 6.45) is 19.6. The Labute approximate surface area is 161 Å². The van der Waals surface area contributed by atoms with Crippen LogP contribution in [-0.4, -0.2) is 31.8 Å².